The number of para-hydroxylation sites is 2. The highest BCUT2D eigenvalue weighted by molar-refractivity contribution is 5.96. The van der Waals surface area contributed by atoms with Crippen LogP contribution in [0.2, 0.25) is 0 Å². The first kappa shape index (κ1) is 16.7. The summed E-state index contributed by atoms with van der Waals surface area (Å²) < 4.78 is 28.7. The van der Waals surface area contributed by atoms with E-state index in [1.807, 2.05) is 0 Å². The Morgan fingerprint density at radius 1 is 1.24 bits per heavy atom. The highest BCUT2D eigenvalue weighted by atomic mass is 19.3. The minimum absolute atomic E-state index is 0.0769. The smallest absolute Gasteiger partial charge is 0.387 e. The Bertz CT molecular complexity index is 495. The van der Waals surface area contributed by atoms with Gasteiger partial charge in [0, 0.05) is 6.04 Å². The van der Waals surface area contributed by atoms with Crippen LogP contribution in [0.25, 0.3) is 0 Å². The maximum absolute atomic E-state index is 12.2. The van der Waals surface area contributed by atoms with Crippen LogP contribution in [0.5, 0.6) is 5.75 Å². The zero-order valence-corrected chi connectivity index (χ0v) is 11.7. The third-order valence-corrected chi connectivity index (χ3v) is 2.22. The summed E-state index contributed by atoms with van der Waals surface area (Å²) in [6, 6.07) is 5.24. The highest BCUT2D eigenvalue weighted by Crippen LogP contribution is 2.24. The van der Waals surface area contributed by atoms with Gasteiger partial charge in [0.15, 0.2) is 0 Å². The molecule has 0 unspecified atom stereocenters. The maximum Gasteiger partial charge on any atom is 0.387 e. The first-order valence-electron chi connectivity index (χ1n) is 6.26. The number of ether oxygens (including phenoxy) is 1. The van der Waals surface area contributed by atoms with Gasteiger partial charge in [-0.25, -0.2) is 4.79 Å². The summed E-state index contributed by atoms with van der Waals surface area (Å²) >= 11 is 0. The van der Waals surface area contributed by atoms with E-state index in [9.17, 15) is 18.4 Å². The van der Waals surface area contributed by atoms with Crippen molar-refractivity contribution in [2.24, 2.45) is 0 Å². The molecule has 0 spiro atoms. The van der Waals surface area contributed by atoms with Crippen LogP contribution in [0.3, 0.4) is 0 Å². The van der Waals surface area contributed by atoms with E-state index in [0.29, 0.717) is 0 Å². The van der Waals surface area contributed by atoms with Crippen LogP contribution in [-0.2, 0) is 4.79 Å². The number of urea groups is 1. The molecule has 8 heteroatoms. The average molecular weight is 301 g/mol. The van der Waals surface area contributed by atoms with E-state index < -0.39 is 18.5 Å². The summed E-state index contributed by atoms with van der Waals surface area (Å²) in [6.45, 7) is 0.286. The first-order valence-corrected chi connectivity index (χ1v) is 6.26. The molecule has 1 rings (SSSR count). The van der Waals surface area contributed by atoms with E-state index in [-0.39, 0.29) is 24.0 Å². The SMILES string of the molecule is CC(C)NC(=O)NC(=O)CNc1ccccc1OC(F)F. The van der Waals surface area contributed by atoms with Gasteiger partial charge in [-0.2, -0.15) is 8.78 Å². The van der Waals surface area contributed by atoms with Gasteiger partial charge in [-0.05, 0) is 26.0 Å². The third-order valence-electron chi connectivity index (χ3n) is 2.22. The lowest BCUT2D eigenvalue weighted by Crippen LogP contribution is -2.44. The number of nitrogens with one attached hydrogen (secondary N) is 3. The van der Waals surface area contributed by atoms with Crippen LogP contribution < -0.4 is 20.7 Å². The minimum Gasteiger partial charge on any atom is -0.433 e. The van der Waals surface area contributed by atoms with Gasteiger partial charge in [0.25, 0.3) is 0 Å². The van der Waals surface area contributed by atoms with Gasteiger partial charge in [-0.1, -0.05) is 12.1 Å². The molecule has 0 radical (unpaired) electrons. The molecule has 0 fully saturated rings. The number of amides is 3. The van der Waals surface area contributed by atoms with E-state index in [1.54, 1.807) is 19.9 Å². The quantitative estimate of drug-likeness (QED) is 0.750. The number of hydrogen-bond donors (Lipinski definition) is 3. The van der Waals surface area contributed by atoms with Crippen molar-refractivity contribution in [1.82, 2.24) is 10.6 Å². The summed E-state index contributed by atoms with van der Waals surface area (Å²) in [7, 11) is 0. The van der Waals surface area contributed by atoms with E-state index >= 15 is 0 Å². The second kappa shape index (κ2) is 8.03. The molecule has 0 aromatic heterocycles. The average Bonchev–Trinajstić information content (AvgIpc) is 2.35. The fourth-order valence-corrected chi connectivity index (χ4v) is 1.46. The van der Waals surface area contributed by atoms with Crippen molar-refractivity contribution in [3.63, 3.8) is 0 Å². The van der Waals surface area contributed by atoms with Crippen molar-refractivity contribution in [2.45, 2.75) is 26.5 Å². The predicted molar refractivity (Wildman–Crippen MR) is 73.4 cm³/mol. The number of imide groups is 1. The molecule has 0 aliphatic rings. The van der Waals surface area contributed by atoms with E-state index in [1.165, 1.54) is 18.2 Å². The van der Waals surface area contributed by atoms with E-state index in [2.05, 4.69) is 20.7 Å². The number of carbonyl (C=O) groups excluding carboxylic acids is 2. The Kier molecular flexibility index (Phi) is 6.38. The molecule has 6 nitrogen and oxygen atoms in total. The first-order chi connectivity index (χ1) is 9.88. The molecular weight excluding hydrogens is 284 g/mol. The maximum atomic E-state index is 12.2. The van der Waals surface area contributed by atoms with Crippen LogP contribution in [0.4, 0.5) is 19.3 Å². The fraction of sp³-hybridized carbons (Fsp3) is 0.385. The molecular formula is C13H17F2N3O3. The molecule has 0 bridgehead atoms. The molecule has 0 heterocycles. The van der Waals surface area contributed by atoms with Crippen LogP contribution in [0.15, 0.2) is 24.3 Å². The molecule has 116 valence electrons. The number of hydrogen-bond acceptors (Lipinski definition) is 4. The lowest BCUT2D eigenvalue weighted by Gasteiger charge is -2.13. The van der Waals surface area contributed by atoms with Gasteiger partial charge in [0.05, 0.1) is 12.2 Å². The Morgan fingerprint density at radius 3 is 2.52 bits per heavy atom. The Hall–Kier alpha value is -2.38. The molecule has 0 aliphatic heterocycles. The number of alkyl halides is 2. The van der Waals surface area contributed by atoms with Crippen molar-refractivity contribution in [3.8, 4) is 5.75 Å². The van der Waals surface area contributed by atoms with Gasteiger partial charge in [-0.15, -0.1) is 0 Å². The summed E-state index contributed by atoms with van der Waals surface area (Å²) in [5.41, 5.74) is 0.234. The number of carbonyl (C=O) groups is 2. The summed E-state index contributed by atoms with van der Waals surface area (Å²) in [5.74, 6) is -0.674. The number of halogens is 2. The summed E-state index contributed by atoms with van der Waals surface area (Å²) in [6.07, 6.45) is 0. The van der Waals surface area contributed by atoms with Crippen LogP contribution in [0.1, 0.15) is 13.8 Å². The van der Waals surface area contributed by atoms with E-state index in [0.717, 1.165) is 0 Å². The standard InChI is InChI=1S/C13H17F2N3O3/c1-8(2)17-13(20)18-11(19)7-16-9-5-3-4-6-10(9)21-12(14)15/h3-6,8,12,16H,7H2,1-2H3,(H2,17,18,19,20). The molecule has 0 saturated heterocycles. The van der Waals surface area contributed by atoms with Gasteiger partial charge in [0.1, 0.15) is 5.75 Å². The molecule has 3 N–H and O–H groups in total. The zero-order chi connectivity index (χ0) is 15.8. The second-order valence-electron chi connectivity index (χ2n) is 4.40. The van der Waals surface area contributed by atoms with Crippen LogP contribution in [0, 0.1) is 0 Å². The van der Waals surface area contributed by atoms with Crippen molar-refractivity contribution < 1.29 is 23.1 Å². The third kappa shape index (κ3) is 6.55. The lowest BCUT2D eigenvalue weighted by atomic mass is 10.3. The summed E-state index contributed by atoms with van der Waals surface area (Å²) in [5, 5.41) is 7.21. The molecule has 0 aliphatic carbocycles. The Morgan fingerprint density at radius 2 is 1.90 bits per heavy atom. The monoisotopic (exact) mass is 301 g/mol. The number of benzene rings is 1. The van der Waals surface area contributed by atoms with E-state index in [4.69, 9.17) is 0 Å². The summed E-state index contributed by atoms with van der Waals surface area (Å²) in [4.78, 5) is 22.8. The van der Waals surface area contributed by atoms with Crippen molar-refractivity contribution in [2.75, 3.05) is 11.9 Å². The number of anilines is 1. The zero-order valence-electron chi connectivity index (χ0n) is 11.7. The van der Waals surface area contributed by atoms with Crippen LogP contribution >= 0.6 is 0 Å². The normalized spacial score (nSPS) is 10.4. The van der Waals surface area contributed by atoms with Gasteiger partial charge < -0.3 is 15.4 Å². The van der Waals surface area contributed by atoms with Crippen molar-refractivity contribution in [1.29, 1.82) is 0 Å². The molecule has 0 saturated carbocycles. The largest absolute Gasteiger partial charge is 0.433 e. The fourth-order valence-electron chi connectivity index (χ4n) is 1.46. The highest BCUT2D eigenvalue weighted by Gasteiger charge is 2.11. The second-order valence-corrected chi connectivity index (χ2v) is 4.40. The molecule has 0 atom stereocenters. The Balaban J connectivity index is 2.51. The predicted octanol–water partition coefficient (Wildman–Crippen LogP) is 1.93. The topological polar surface area (TPSA) is 79.5 Å². The van der Waals surface area contributed by atoms with Crippen molar-refractivity contribution >= 4 is 17.6 Å². The van der Waals surface area contributed by atoms with Crippen LogP contribution in [-0.4, -0.2) is 31.1 Å². The van der Waals surface area contributed by atoms with Gasteiger partial charge in [-0.3, -0.25) is 10.1 Å². The van der Waals surface area contributed by atoms with Crippen molar-refractivity contribution in [3.05, 3.63) is 24.3 Å². The lowest BCUT2D eigenvalue weighted by molar-refractivity contribution is -0.118. The van der Waals surface area contributed by atoms with Gasteiger partial charge in [0.2, 0.25) is 5.91 Å². The minimum atomic E-state index is -2.96. The van der Waals surface area contributed by atoms with Gasteiger partial charge >= 0.3 is 12.6 Å². The molecule has 1 aromatic rings. The molecule has 1 aromatic carbocycles. The molecule has 3 amide bonds. The number of rotatable bonds is 6. The molecule has 21 heavy (non-hydrogen) atoms. The Labute approximate surface area is 120 Å².